The topological polar surface area (TPSA) is 58.7 Å². The average Bonchev–Trinajstić information content (AvgIpc) is 3.07. The highest BCUT2D eigenvalue weighted by molar-refractivity contribution is 7.99. The summed E-state index contributed by atoms with van der Waals surface area (Å²) in [5, 5.41) is 10.4. The second kappa shape index (κ2) is 8.28. The third-order valence-corrected chi connectivity index (χ3v) is 7.12. The van der Waals surface area contributed by atoms with Crippen molar-refractivity contribution >= 4 is 33.3 Å². The van der Waals surface area contributed by atoms with Gasteiger partial charge in [0.15, 0.2) is 5.16 Å². The Hall–Kier alpha value is -2.10. The van der Waals surface area contributed by atoms with E-state index in [1.807, 2.05) is 22.8 Å². The fraction of sp³-hybridized carbons (Fsp3) is 0.381. The monoisotopic (exact) mass is 395 g/mol. The molecule has 0 spiro atoms. The molecule has 0 fully saturated rings. The van der Waals surface area contributed by atoms with Gasteiger partial charge in [-0.3, -0.25) is 9.36 Å². The van der Waals surface area contributed by atoms with Gasteiger partial charge in [-0.2, -0.15) is 5.26 Å². The smallest absolute Gasteiger partial charge is 0.263 e. The van der Waals surface area contributed by atoms with Gasteiger partial charge in [0.05, 0.1) is 11.5 Å². The zero-order valence-electron chi connectivity index (χ0n) is 15.1. The van der Waals surface area contributed by atoms with Gasteiger partial charge in [-0.1, -0.05) is 42.1 Å². The molecule has 1 aliphatic rings. The zero-order valence-corrected chi connectivity index (χ0v) is 16.7. The average molecular weight is 396 g/mol. The summed E-state index contributed by atoms with van der Waals surface area (Å²) in [5.74, 6) is 0.658. The van der Waals surface area contributed by atoms with Crippen LogP contribution in [0.3, 0.4) is 0 Å². The molecule has 27 heavy (non-hydrogen) atoms. The minimum Gasteiger partial charge on any atom is -0.287 e. The van der Waals surface area contributed by atoms with Crippen molar-refractivity contribution in [3.05, 3.63) is 56.7 Å². The highest BCUT2D eigenvalue weighted by Gasteiger charge is 2.22. The van der Waals surface area contributed by atoms with Crippen LogP contribution in [-0.2, 0) is 25.8 Å². The van der Waals surface area contributed by atoms with Gasteiger partial charge in [-0.05, 0) is 43.2 Å². The van der Waals surface area contributed by atoms with Crippen LogP contribution in [0.4, 0.5) is 0 Å². The standard InChI is InChI=1S/C21H21N3OS2/c22-12-6-14-26-21-23-19-18(16-9-4-5-10-17(16)27-19)20(25)24(21)13-11-15-7-2-1-3-8-15/h1-3,7-8H,4-6,9-11,13-14H2. The van der Waals surface area contributed by atoms with Gasteiger partial charge < -0.3 is 0 Å². The van der Waals surface area contributed by atoms with E-state index >= 15 is 0 Å². The van der Waals surface area contributed by atoms with Crippen LogP contribution >= 0.6 is 23.1 Å². The molecule has 0 atom stereocenters. The number of aromatic nitrogens is 2. The number of nitrogens with zero attached hydrogens (tertiary/aromatic N) is 3. The molecule has 6 heteroatoms. The van der Waals surface area contributed by atoms with E-state index in [0.29, 0.717) is 18.7 Å². The summed E-state index contributed by atoms with van der Waals surface area (Å²) in [5.41, 5.74) is 2.54. The molecule has 0 amide bonds. The number of thioether (sulfide) groups is 1. The quantitative estimate of drug-likeness (QED) is 0.348. The van der Waals surface area contributed by atoms with Crippen molar-refractivity contribution in [3.63, 3.8) is 0 Å². The summed E-state index contributed by atoms with van der Waals surface area (Å²) in [6, 6.07) is 12.4. The van der Waals surface area contributed by atoms with Crippen molar-refractivity contribution in [2.45, 2.75) is 50.2 Å². The molecule has 0 N–H and O–H groups in total. The van der Waals surface area contributed by atoms with E-state index in [-0.39, 0.29) is 5.56 Å². The van der Waals surface area contributed by atoms with Crippen LogP contribution in [0.2, 0.25) is 0 Å². The Balaban J connectivity index is 1.75. The second-order valence-electron chi connectivity index (χ2n) is 6.73. The molecule has 3 aromatic rings. The summed E-state index contributed by atoms with van der Waals surface area (Å²) in [6.07, 6.45) is 5.67. The molecular weight excluding hydrogens is 374 g/mol. The Morgan fingerprint density at radius 2 is 2.04 bits per heavy atom. The maximum atomic E-state index is 13.4. The fourth-order valence-electron chi connectivity index (χ4n) is 3.60. The van der Waals surface area contributed by atoms with E-state index < -0.39 is 0 Å². The molecule has 1 aromatic carbocycles. The molecule has 0 saturated carbocycles. The zero-order chi connectivity index (χ0) is 18.6. The number of nitriles is 1. The molecule has 0 saturated heterocycles. The van der Waals surface area contributed by atoms with E-state index in [0.717, 1.165) is 41.1 Å². The van der Waals surface area contributed by atoms with Crippen LogP contribution in [0.25, 0.3) is 10.2 Å². The first-order valence-electron chi connectivity index (χ1n) is 9.36. The Morgan fingerprint density at radius 3 is 2.85 bits per heavy atom. The van der Waals surface area contributed by atoms with Gasteiger partial charge >= 0.3 is 0 Å². The highest BCUT2D eigenvalue weighted by atomic mass is 32.2. The predicted octanol–water partition coefficient (Wildman–Crippen LogP) is 4.59. The minimum atomic E-state index is 0.0924. The summed E-state index contributed by atoms with van der Waals surface area (Å²) in [6.45, 7) is 0.616. The fourth-order valence-corrected chi connectivity index (χ4v) is 5.77. The Kier molecular flexibility index (Phi) is 5.61. The maximum absolute atomic E-state index is 13.4. The summed E-state index contributed by atoms with van der Waals surface area (Å²) in [7, 11) is 0. The molecule has 0 unspecified atom stereocenters. The van der Waals surface area contributed by atoms with Crippen molar-refractivity contribution in [3.8, 4) is 6.07 Å². The van der Waals surface area contributed by atoms with Crippen molar-refractivity contribution in [1.82, 2.24) is 9.55 Å². The first kappa shape index (κ1) is 18.3. The first-order chi connectivity index (χ1) is 13.3. The van der Waals surface area contributed by atoms with Crippen molar-refractivity contribution in [2.75, 3.05) is 5.75 Å². The first-order valence-corrected chi connectivity index (χ1v) is 11.2. The molecule has 138 valence electrons. The molecule has 4 nitrogen and oxygen atoms in total. The number of thiophene rings is 1. The summed E-state index contributed by atoms with van der Waals surface area (Å²) >= 11 is 3.21. The van der Waals surface area contributed by atoms with Crippen LogP contribution in [-0.4, -0.2) is 15.3 Å². The molecule has 1 aliphatic carbocycles. The largest absolute Gasteiger partial charge is 0.287 e. The molecule has 2 heterocycles. The number of benzene rings is 1. The van der Waals surface area contributed by atoms with Crippen LogP contribution in [0, 0.1) is 11.3 Å². The Bertz CT molecular complexity index is 1050. The number of rotatable bonds is 6. The molecule has 0 radical (unpaired) electrons. The molecule has 2 aromatic heterocycles. The van der Waals surface area contributed by atoms with E-state index in [2.05, 4.69) is 18.2 Å². The molecule has 0 aliphatic heterocycles. The van der Waals surface area contributed by atoms with Crippen LogP contribution in [0.15, 0.2) is 40.3 Å². The van der Waals surface area contributed by atoms with Gasteiger partial charge in [0.25, 0.3) is 5.56 Å². The van der Waals surface area contributed by atoms with Crippen molar-refractivity contribution < 1.29 is 0 Å². The lowest BCUT2D eigenvalue weighted by atomic mass is 9.97. The minimum absolute atomic E-state index is 0.0924. The van der Waals surface area contributed by atoms with E-state index in [1.54, 1.807) is 11.3 Å². The SMILES string of the molecule is N#CCCSc1nc2sc3c(c2c(=O)n1CCc1ccccc1)CCCC3. The number of aryl methyl sites for hydroxylation is 3. The Morgan fingerprint density at radius 1 is 1.22 bits per heavy atom. The number of hydrogen-bond acceptors (Lipinski definition) is 5. The van der Waals surface area contributed by atoms with Gasteiger partial charge in [-0.15, -0.1) is 11.3 Å². The van der Waals surface area contributed by atoms with E-state index in [4.69, 9.17) is 10.2 Å². The van der Waals surface area contributed by atoms with E-state index in [1.165, 1.54) is 34.2 Å². The van der Waals surface area contributed by atoms with Gasteiger partial charge in [0, 0.05) is 23.6 Å². The lowest BCUT2D eigenvalue weighted by molar-refractivity contribution is 0.595. The third kappa shape index (κ3) is 3.80. The molecule has 0 bridgehead atoms. The van der Waals surface area contributed by atoms with Gasteiger partial charge in [0.2, 0.25) is 0 Å². The third-order valence-electron chi connectivity index (χ3n) is 4.95. The molecular formula is C21H21N3OS2. The molecule has 4 rings (SSSR count). The normalized spacial score (nSPS) is 13.4. The van der Waals surface area contributed by atoms with E-state index in [9.17, 15) is 4.79 Å². The lowest BCUT2D eigenvalue weighted by Gasteiger charge is -2.13. The van der Waals surface area contributed by atoms with Gasteiger partial charge in [-0.25, -0.2) is 4.98 Å². The lowest BCUT2D eigenvalue weighted by Crippen LogP contribution is -2.24. The second-order valence-corrected chi connectivity index (χ2v) is 8.88. The van der Waals surface area contributed by atoms with Gasteiger partial charge in [0.1, 0.15) is 4.83 Å². The summed E-state index contributed by atoms with van der Waals surface area (Å²) < 4.78 is 1.83. The summed E-state index contributed by atoms with van der Waals surface area (Å²) in [4.78, 5) is 20.5. The van der Waals surface area contributed by atoms with Crippen molar-refractivity contribution in [2.24, 2.45) is 0 Å². The van der Waals surface area contributed by atoms with Crippen LogP contribution in [0.1, 0.15) is 35.3 Å². The maximum Gasteiger partial charge on any atom is 0.263 e. The predicted molar refractivity (Wildman–Crippen MR) is 112 cm³/mol. The number of hydrogen-bond donors (Lipinski definition) is 0. The van der Waals surface area contributed by atoms with Crippen LogP contribution in [0.5, 0.6) is 0 Å². The van der Waals surface area contributed by atoms with Crippen LogP contribution < -0.4 is 5.56 Å². The Labute approximate surface area is 166 Å². The van der Waals surface area contributed by atoms with Crippen molar-refractivity contribution in [1.29, 1.82) is 5.26 Å². The highest BCUT2D eigenvalue weighted by Crippen LogP contribution is 2.34. The number of fused-ring (bicyclic) bond motifs is 3.